The predicted octanol–water partition coefficient (Wildman–Crippen LogP) is 1.25. The van der Waals surface area contributed by atoms with Crippen LogP contribution >= 0.6 is 23.7 Å². The van der Waals surface area contributed by atoms with Gasteiger partial charge in [0.15, 0.2) is 0 Å². The molecular weight excluding hydrogens is 336 g/mol. The van der Waals surface area contributed by atoms with Crippen molar-refractivity contribution in [3.8, 4) is 0 Å². The number of sulfonamides is 1. The van der Waals surface area contributed by atoms with Crippen LogP contribution in [0.25, 0.3) is 0 Å². The maximum Gasteiger partial charge on any atom is 0.349 e. The van der Waals surface area contributed by atoms with Gasteiger partial charge in [0.2, 0.25) is 10.0 Å². The van der Waals surface area contributed by atoms with Gasteiger partial charge in [0, 0.05) is 19.6 Å². The zero-order valence-electron chi connectivity index (χ0n) is 11.9. The van der Waals surface area contributed by atoms with Gasteiger partial charge in [-0.2, -0.15) is 4.31 Å². The fourth-order valence-corrected chi connectivity index (χ4v) is 5.32. The van der Waals surface area contributed by atoms with Crippen LogP contribution < -0.4 is 5.32 Å². The van der Waals surface area contributed by atoms with E-state index in [4.69, 9.17) is 0 Å². The van der Waals surface area contributed by atoms with Gasteiger partial charge in [0.1, 0.15) is 9.77 Å². The molecule has 0 saturated carbocycles. The van der Waals surface area contributed by atoms with E-state index in [0.717, 1.165) is 24.3 Å². The number of nitrogens with one attached hydrogen (secondary N) is 1. The number of nitrogens with zero attached hydrogens (tertiary/aromatic N) is 1. The lowest BCUT2D eigenvalue weighted by Gasteiger charge is -2.20. The molecule has 21 heavy (non-hydrogen) atoms. The molecule has 0 aliphatic carbocycles. The summed E-state index contributed by atoms with van der Waals surface area (Å²) in [5.41, 5.74) is 0.590. The third-order valence-electron chi connectivity index (χ3n) is 3.19. The Bertz CT molecular complexity index is 592. The molecule has 0 atom stereocenters. The SMILES string of the molecule is COC(=O)c1scc(C)c1S(=O)(=O)N1CCCNCC1.Cl. The average molecular weight is 355 g/mol. The van der Waals surface area contributed by atoms with Gasteiger partial charge in [0.05, 0.1) is 7.11 Å². The van der Waals surface area contributed by atoms with Crippen molar-refractivity contribution in [2.45, 2.75) is 18.2 Å². The predicted molar refractivity (Wildman–Crippen MR) is 83.9 cm³/mol. The first kappa shape index (κ1) is 18.4. The summed E-state index contributed by atoms with van der Waals surface area (Å²) in [6, 6.07) is 0. The quantitative estimate of drug-likeness (QED) is 0.827. The van der Waals surface area contributed by atoms with Crippen molar-refractivity contribution >= 4 is 39.7 Å². The molecule has 0 radical (unpaired) electrons. The molecule has 0 spiro atoms. The normalized spacial score (nSPS) is 16.9. The van der Waals surface area contributed by atoms with Crippen LogP contribution in [0.3, 0.4) is 0 Å². The Morgan fingerprint density at radius 2 is 2.10 bits per heavy atom. The van der Waals surface area contributed by atoms with Gasteiger partial charge in [-0.25, -0.2) is 13.2 Å². The van der Waals surface area contributed by atoms with Crippen molar-refractivity contribution in [1.29, 1.82) is 0 Å². The summed E-state index contributed by atoms with van der Waals surface area (Å²) in [6.45, 7) is 4.00. The number of methoxy groups -OCH3 is 1. The molecule has 6 nitrogen and oxygen atoms in total. The van der Waals surface area contributed by atoms with Crippen LogP contribution in [0.15, 0.2) is 10.3 Å². The van der Waals surface area contributed by atoms with Gasteiger partial charge in [-0.1, -0.05) is 0 Å². The lowest BCUT2D eigenvalue weighted by atomic mass is 10.3. The van der Waals surface area contributed by atoms with E-state index in [0.29, 0.717) is 25.2 Å². The Morgan fingerprint density at radius 1 is 1.38 bits per heavy atom. The van der Waals surface area contributed by atoms with Gasteiger partial charge in [-0.05, 0) is 30.8 Å². The van der Waals surface area contributed by atoms with E-state index >= 15 is 0 Å². The number of thiophene rings is 1. The smallest absolute Gasteiger partial charge is 0.349 e. The van der Waals surface area contributed by atoms with E-state index in [2.05, 4.69) is 10.1 Å². The zero-order valence-corrected chi connectivity index (χ0v) is 14.4. The van der Waals surface area contributed by atoms with E-state index in [1.54, 1.807) is 12.3 Å². The third kappa shape index (κ3) is 3.75. The van der Waals surface area contributed by atoms with Crippen LogP contribution in [0, 0.1) is 6.92 Å². The van der Waals surface area contributed by atoms with Crippen molar-refractivity contribution in [2.24, 2.45) is 0 Å². The van der Waals surface area contributed by atoms with E-state index in [-0.39, 0.29) is 22.2 Å². The van der Waals surface area contributed by atoms with Gasteiger partial charge >= 0.3 is 5.97 Å². The second kappa shape index (κ2) is 7.55. The summed E-state index contributed by atoms with van der Waals surface area (Å²) in [7, 11) is -2.40. The number of aryl methyl sites for hydroxylation is 1. The monoisotopic (exact) mass is 354 g/mol. The highest BCUT2D eigenvalue weighted by molar-refractivity contribution is 7.89. The molecule has 1 aromatic heterocycles. The molecule has 2 heterocycles. The van der Waals surface area contributed by atoms with E-state index in [1.807, 2.05) is 0 Å². The number of halogens is 1. The van der Waals surface area contributed by atoms with Crippen LogP contribution in [0.2, 0.25) is 0 Å². The molecule has 1 N–H and O–H groups in total. The van der Waals surface area contributed by atoms with Crippen molar-refractivity contribution in [3.63, 3.8) is 0 Å². The van der Waals surface area contributed by atoms with Gasteiger partial charge in [-0.15, -0.1) is 23.7 Å². The van der Waals surface area contributed by atoms with Gasteiger partial charge in [-0.3, -0.25) is 0 Å². The summed E-state index contributed by atoms with van der Waals surface area (Å²) < 4.78 is 31.6. The van der Waals surface area contributed by atoms with Crippen molar-refractivity contribution in [2.75, 3.05) is 33.3 Å². The largest absolute Gasteiger partial charge is 0.465 e. The number of rotatable bonds is 3. The maximum absolute atomic E-state index is 12.8. The molecule has 9 heteroatoms. The van der Waals surface area contributed by atoms with E-state index in [1.165, 1.54) is 11.4 Å². The second-order valence-corrected chi connectivity index (χ2v) is 7.33. The third-order valence-corrected chi connectivity index (χ3v) is 6.48. The number of carbonyl (C=O) groups excluding carboxylic acids is 1. The number of hydrogen-bond donors (Lipinski definition) is 1. The topological polar surface area (TPSA) is 75.7 Å². The van der Waals surface area contributed by atoms with Crippen molar-refractivity contribution in [1.82, 2.24) is 9.62 Å². The van der Waals surface area contributed by atoms with Crippen LogP contribution in [0.1, 0.15) is 21.7 Å². The molecule has 1 aliphatic rings. The Kier molecular flexibility index (Phi) is 6.61. The molecule has 1 saturated heterocycles. The summed E-state index contributed by atoms with van der Waals surface area (Å²) in [5, 5.41) is 4.84. The molecule has 0 aromatic carbocycles. The number of ether oxygens (including phenoxy) is 1. The maximum atomic E-state index is 12.8. The van der Waals surface area contributed by atoms with Crippen molar-refractivity contribution in [3.05, 3.63) is 15.8 Å². The highest BCUT2D eigenvalue weighted by Crippen LogP contribution is 2.30. The minimum absolute atomic E-state index is 0. The summed E-state index contributed by atoms with van der Waals surface area (Å²) >= 11 is 1.11. The Hall–Kier alpha value is -0.670. The van der Waals surface area contributed by atoms with Crippen LogP contribution in [-0.2, 0) is 14.8 Å². The Balaban J connectivity index is 0.00000220. The molecule has 0 unspecified atom stereocenters. The number of hydrogen-bond acceptors (Lipinski definition) is 6. The fraction of sp³-hybridized carbons (Fsp3) is 0.583. The lowest BCUT2D eigenvalue weighted by Crippen LogP contribution is -2.35. The van der Waals surface area contributed by atoms with Crippen LogP contribution in [0.4, 0.5) is 0 Å². The van der Waals surface area contributed by atoms with E-state index < -0.39 is 16.0 Å². The van der Waals surface area contributed by atoms with Crippen molar-refractivity contribution < 1.29 is 17.9 Å². The van der Waals surface area contributed by atoms with Gasteiger partial charge < -0.3 is 10.1 Å². The molecule has 0 amide bonds. The number of carbonyl (C=O) groups is 1. The van der Waals surface area contributed by atoms with E-state index in [9.17, 15) is 13.2 Å². The van der Waals surface area contributed by atoms with Crippen LogP contribution in [-0.4, -0.2) is 52.0 Å². The summed E-state index contributed by atoms with van der Waals surface area (Å²) in [6.07, 6.45) is 0.760. The Morgan fingerprint density at radius 3 is 2.76 bits per heavy atom. The fourth-order valence-electron chi connectivity index (χ4n) is 2.18. The lowest BCUT2D eigenvalue weighted by molar-refractivity contribution is 0.0602. The highest BCUT2D eigenvalue weighted by atomic mass is 35.5. The minimum atomic E-state index is -3.66. The van der Waals surface area contributed by atoms with Crippen LogP contribution in [0.5, 0.6) is 0 Å². The molecule has 1 fully saturated rings. The number of esters is 1. The molecule has 1 aliphatic heterocycles. The standard InChI is InChI=1S/C12H18N2O4S2.ClH/c1-9-8-19-10(12(15)18-2)11(9)20(16,17)14-6-3-4-13-5-7-14;/h8,13H,3-7H2,1-2H3;1H. The zero-order chi connectivity index (χ0) is 14.8. The second-order valence-electron chi connectivity index (χ2n) is 4.58. The molecule has 1 aromatic rings. The molecular formula is C12H19ClN2O4S2. The molecule has 2 rings (SSSR count). The average Bonchev–Trinajstić information content (AvgIpc) is 2.66. The Labute approximate surface area is 134 Å². The minimum Gasteiger partial charge on any atom is -0.465 e. The first-order valence-corrected chi connectivity index (χ1v) is 8.67. The first-order valence-electron chi connectivity index (χ1n) is 6.35. The molecule has 120 valence electrons. The van der Waals surface area contributed by atoms with Gasteiger partial charge in [0.25, 0.3) is 0 Å². The summed E-state index contributed by atoms with van der Waals surface area (Å²) in [5.74, 6) is -0.602. The highest BCUT2D eigenvalue weighted by Gasteiger charge is 2.32. The molecule has 0 bridgehead atoms. The summed E-state index contributed by atoms with van der Waals surface area (Å²) in [4.78, 5) is 12.0. The first-order chi connectivity index (χ1) is 9.48.